The van der Waals surface area contributed by atoms with Crippen LogP contribution in [0.5, 0.6) is 0 Å². The van der Waals surface area contributed by atoms with E-state index in [0.29, 0.717) is 3.92 Å². The molecule has 0 aliphatic heterocycles. The summed E-state index contributed by atoms with van der Waals surface area (Å²) in [5.74, 6) is 0. The van der Waals surface area contributed by atoms with Crippen molar-refractivity contribution in [2.45, 2.75) is 10.8 Å². The van der Waals surface area contributed by atoms with Crippen LogP contribution in [0.2, 0.25) is 0 Å². The van der Waals surface area contributed by atoms with Crippen LogP contribution in [0.3, 0.4) is 0 Å². The molecule has 1 heteroatoms. The predicted octanol–water partition coefficient (Wildman–Crippen LogP) is 4.52. The maximum Gasteiger partial charge on any atom is 0.0611 e. The third kappa shape index (κ3) is 2.40. The highest BCUT2D eigenvalue weighted by molar-refractivity contribution is 14.1. The summed E-state index contributed by atoms with van der Waals surface area (Å²) in [7, 11) is 0. The molecule has 0 nitrogen and oxygen atoms in total. The number of hydrogen-bond donors (Lipinski definition) is 0. The van der Waals surface area contributed by atoms with Crippen LogP contribution in [0.15, 0.2) is 54.6 Å². The summed E-state index contributed by atoms with van der Waals surface area (Å²) in [5, 5.41) is 0. The van der Waals surface area contributed by atoms with E-state index in [0.717, 1.165) is 0 Å². The minimum atomic E-state index is 0.449. The number of halogens is 1. The Morgan fingerprint density at radius 3 is 2.13 bits per heavy atom. The van der Waals surface area contributed by atoms with Gasteiger partial charge in [-0.1, -0.05) is 77.2 Å². The quantitative estimate of drug-likeness (QED) is 0.565. The predicted molar refractivity (Wildman–Crippen MR) is 73.5 cm³/mol. The number of hydrogen-bond acceptors (Lipinski definition) is 0. The van der Waals surface area contributed by atoms with Crippen molar-refractivity contribution < 1.29 is 0 Å². The van der Waals surface area contributed by atoms with Gasteiger partial charge in [0.05, 0.1) is 3.92 Å². The van der Waals surface area contributed by atoms with Gasteiger partial charge >= 0.3 is 0 Å². The lowest BCUT2D eigenvalue weighted by molar-refractivity contribution is 1.16. The number of aryl methyl sites for hydroxylation is 1. The zero-order chi connectivity index (χ0) is 10.7. The van der Waals surface area contributed by atoms with Crippen LogP contribution < -0.4 is 0 Å². The summed E-state index contributed by atoms with van der Waals surface area (Å²) in [5.41, 5.74) is 4.14. The lowest BCUT2D eigenvalue weighted by atomic mass is 10.0. The minimum absolute atomic E-state index is 0.449. The second-order valence-corrected chi connectivity index (χ2v) is 4.88. The van der Waals surface area contributed by atoms with Crippen molar-refractivity contribution >= 4 is 22.6 Å². The van der Waals surface area contributed by atoms with Crippen LogP contribution >= 0.6 is 22.6 Å². The van der Waals surface area contributed by atoms with Crippen molar-refractivity contribution in [1.29, 1.82) is 0 Å². The van der Waals surface area contributed by atoms with E-state index >= 15 is 0 Å². The first kappa shape index (κ1) is 10.7. The fraction of sp³-hybridized carbons (Fsp3) is 0.143. The highest BCUT2D eigenvalue weighted by atomic mass is 127. The molecule has 0 amide bonds. The largest absolute Gasteiger partial charge is 0.0722 e. The standard InChI is InChI=1S/C14H13I/c1-11-7-5-6-10-13(11)14(15)12-8-3-2-4-9-12/h2-10,14H,1H3. The second kappa shape index (κ2) is 4.79. The third-order valence-electron chi connectivity index (χ3n) is 2.55. The first-order valence-electron chi connectivity index (χ1n) is 5.03. The van der Waals surface area contributed by atoms with Gasteiger partial charge in [0.25, 0.3) is 0 Å². The number of alkyl halides is 1. The lowest BCUT2D eigenvalue weighted by Crippen LogP contribution is -1.94. The maximum atomic E-state index is 2.50. The highest BCUT2D eigenvalue weighted by Crippen LogP contribution is 2.32. The molecule has 2 aromatic rings. The second-order valence-electron chi connectivity index (χ2n) is 3.63. The summed E-state index contributed by atoms with van der Waals surface area (Å²) in [6, 6.07) is 19.2. The van der Waals surface area contributed by atoms with E-state index in [1.54, 1.807) is 0 Å². The normalized spacial score (nSPS) is 12.4. The molecular formula is C14H13I. The van der Waals surface area contributed by atoms with Crippen molar-refractivity contribution in [3.63, 3.8) is 0 Å². The van der Waals surface area contributed by atoms with E-state index in [4.69, 9.17) is 0 Å². The Labute approximate surface area is 104 Å². The molecule has 2 rings (SSSR count). The van der Waals surface area contributed by atoms with Gasteiger partial charge in [-0.05, 0) is 23.6 Å². The average molecular weight is 308 g/mol. The first-order valence-corrected chi connectivity index (χ1v) is 6.28. The number of rotatable bonds is 2. The summed E-state index contributed by atoms with van der Waals surface area (Å²) >= 11 is 2.50. The monoisotopic (exact) mass is 308 g/mol. The first-order chi connectivity index (χ1) is 7.29. The Kier molecular flexibility index (Phi) is 3.41. The lowest BCUT2D eigenvalue weighted by Gasteiger charge is -2.13. The molecule has 1 unspecified atom stereocenters. The summed E-state index contributed by atoms with van der Waals surface area (Å²) in [4.78, 5) is 0. The molecule has 0 N–H and O–H groups in total. The van der Waals surface area contributed by atoms with E-state index in [-0.39, 0.29) is 0 Å². The van der Waals surface area contributed by atoms with E-state index in [2.05, 4.69) is 84.1 Å². The van der Waals surface area contributed by atoms with Crippen LogP contribution in [-0.2, 0) is 0 Å². The molecule has 1 atom stereocenters. The molecule has 0 fully saturated rings. The van der Waals surface area contributed by atoms with Gasteiger partial charge in [0.15, 0.2) is 0 Å². The molecule has 15 heavy (non-hydrogen) atoms. The van der Waals surface area contributed by atoms with E-state index in [1.165, 1.54) is 16.7 Å². The minimum Gasteiger partial charge on any atom is -0.0722 e. The van der Waals surface area contributed by atoms with E-state index < -0.39 is 0 Å². The van der Waals surface area contributed by atoms with Crippen LogP contribution in [0, 0.1) is 6.92 Å². The van der Waals surface area contributed by atoms with Gasteiger partial charge in [-0.25, -0.2) is 0 Å². The average Bonchev–Trinajstić information content (AvgIpc) is 2.30. The maximum absolute atomic E-state index is 2.50. The fourth-order valence-corrected chi connectivity index (χ4v) is 2.79. The molecule has 0 heterocycles. The topological polar surface area (TPSA) is 0 Å². The van der Waals surface area contributed by atoms with Crippen molar-refractivity contribution in [2.24, 2.45) is 0 Å². The third-order valence-corrected chi connectivity index (χ3v) is 3.94. The SMILES string of the molecule is Cc1ccccc1C(I)c1ccccc1. The van der Waals surface area contributed by atoms with Gasteiger partial charge < -0.3 is 0 Å². The van der Waals surface area contributed by atoms with Gasteiger partial charge in [-0.2, -0.15) is 0 Å². The molecule has 0 saturated heterocycles. The zero-order valence-corrected chi connectivity index (χ0v) is 10.8. The molecule has 0 aliphatic rings. The van der Waals surface area contributed by atoms with Crippen molar-refractivity contribution in [3.8, 4) is 0 Å². The smallest absolute Gasteiger partial charge is 0.0611 e. The highest BCUT2D eigenvalue weighted by Gasteiger charge is 2.10. The van der Waals surface area contributed by atoms with E-state index in [1.807, 2.05) is 0 Å². The molecule has 0 radical (unpaired) electrons. The van der Waals surface area contributed by atoms with Crippen LogP contribution in [0.4, 0.5) is 0 Å². The van der Waals surface area contributed by atoms with Crippen LogP contribution in [0.1, 0.15) is 20.6 Å². The molecule has 0 spiro atoms. The van der Waals surface area contributed by atoms with Crippen molar-refractivity contribution in [3.05, 3.63) is 71.3 Å². The Morgan fingerprint density at radius 2 is 1.47 bits per heavy atom. The number of benzene rings is 2. The summed E-state index contributed by atoms with van der Waals surface area (Å²) in [6.45, 7) is 2.17. The fourth-order valence-electron chi connectivity index (χ4n) is 1.67. The van der Waals surface area contributed by atoms with Crippen LogP contribution in [-0.4, -0.2) is 0 Å². The van der Waals surface area contributed by atoms with Gasteiger partial charge in [0.2, 0.25) is 0 Å². The molecule has 0 saturated carbocycles. The Balaban J connectivity index is 2.37. The van der Waals surface area contributed by atoms with Crippen LogP contribution in [0.25, 0.3) is 0 Å². The van der Waals surface area contributed by atoms with Crippen molar-refractivity contribution in [1.82, 2.24) is 0 Å². The molecule has 0 aliphatic carbocycles. The molecule has 76 valence electrons. The summed E-state index contributed by atoms with van der Waals surface area (Å²) < 4.78 is 0.449. The molecule has 2 aromatic carbocycles. The van der Waals surface area contributed by atoms with Gasteiger partial charge in [0, 0.05) is 0 Å². The van der Waals surface area contributed by atoms with Gasteiger partial charge in [-0.15, -0.1) is 0 Å². The summed E-state index contributed by atoms with van der Waals surface area (Å²) in [6.07, 6.45) is 0. The van der Waals surface area contributed by atoms with E-state index in [9.17, 15) is 0 Å². The molecule has 0 bridgehead atoms. The van der Waals surface area contributed by atoms with Gasteiger partial charge in [-0.3, -0.25) is 0 Å². The Bertz CT molecular complexity index is 434. The Hall–Kier alpha value is -0.830. The molecule has 0 aromatic heterocycles. The van der Waals surface area contributed by atoms with Crippen molar-refractivity contribution in [2.75, 3.05) is 0 Å². The zero-order valence-electron chi connectivity index (χ0n) is 8.65. The Morgan fingerprint density at radius 1 is 0.867 bits per heavy atom. The molecular weight excluding hydrogens is 295 g/mol. The van der Waals surface area contributed by atoms with Gasteiger partial charge in [0.1, 0.15) is 0 Å².